The molecule has 0 radical (unpaired) electrons. The molecule has 2 heterocycles. The summed E-state index contributed by atoms with van der Waals surface area (Å²) in [5, 5.41) is 4.12. The highest BCUT2D eigenvalue weighted by molar-refractivity contribution is 5.43. The molecule has 0 spiro atoms. The highest BCUT2D eigenvalue weighted by Gasteiger charge is 2.17. The van der Waals surface area contributed by atoms with E-state index in [1.54, 1.807) is 12.3 Å². The molecule has 0 aromatic carbocycles. The third kappa shape index (κ3) is 2.24. The molecular formula is C11H18N4O. The fraction of sp³-hybridized carbons (Fsp3) is 0.636. The molecule has 0 unspecified atom stereocenters. The summed E-state index contributed by atoms with van der Waals surface area (Å²) in [6.07, 6.45) is 3.90. The summed E-state index contributed by atoms with van der Waals surface area (Å²) in [4.78, 5) is 13.8. The van der Waals surface area contributed by atoms with Crippen LogP contribution in [0.2, 0.25) is 0 Å². The van der Waals surface area contributed by atoms with Gasteiger partial charge in [0.05, 0.1) is 11.9 Å². The lowest BCUT2D eigenvalue weighted by molar-refractivity contribution is 0.503. The van der Waals surface area contributed by atoms with Gasteiger partial charge in [-0.25, -0.2) is 4.68 Å². The molecule has 0 saturated carbocycles. The summed E-state index contributed by atoms with van der Waals surface area (Å²) in [5.41, 5.74) is 6.76. The van der Waals surface area contributed by atoms with Crippen molar-refractivity contribution in [2.75, 3.05) is 18.0 Å². The maximum Gasteiger partial charge on any atom is 0.268 e. The van der Waals surface area contributed by atoms with Gasteiger partial charge < -0.3 is 10.6 Å². The van der Waals surface area contributed by atoms with Crippen LogP contribution in [-0.4, -0.2) is 28.9 Å². The fourth-order valence-corrected chi connectivity index (χ4v) is 2.08. The lowest BCUT2D eigenvalue weighted by Gasteiger charge is -2.32. The third-order valence-corrected chi connectivity index (χ3v) is 2.98. The number of aryl methyl sites for hydroxylation is 1. The Morgan fingerprint density at radius 1 is 1.62 bits per heavy atom. The van der Waals surface area contributed by atoms with Gasteiger partial charge >= 0.3 is 0 Å². The van der Waals surface area contributed by atoms with Crippen LogP contribution in [0.25, 0.3) is 0 Å². The zero-order valence-electron chi connectivity index (χ0n) is 9.59. The molecule has 2 N–H and O–H groups in total. The molecule has 5 heteroatoms. The van der Waals surface area contributed by atoms with Gasteiger partial charge in [-0.05, 0) is 19.8 Å². The van der Waals surface area contributed by atoms with Crippen molar-refractivity contribution in [2.45, 2.75) is 32.4 Å². The van der Waals surface area contributed by atoms with E-state index in [1.165, 1.54) is 4.68 Å². The monoisotopic (exact) mass is 222 g/mol. The second-order valence-corrected chi connectivity index (χ2v) is 4.22. The number of rotatable bonds is 2. The summed E-state index contributed by atoms with van der Waals surface area (Å²) < 4.78 is 1.45. The van der Waals surface area contributed by atoms with Crippen molar-refractivity contribution in [2.24, 2.45) is 5.73 Å². The predicted octanol–water partition coefficient (Wildman–Crippen LogP) is 0.191. The Morgan fingerprint density at radius 3 is 3.06 bits per heavy atom. The number of aromatic nitrogens is 2. The van der Waals surface area contributed by atoms with E-state index < -0.39 is 0 Å². The second kappa shape index (κ2) is 4.65. The Balaban J connectivity index is 2.20. The van der Waals surface area contributed by atoms with Crippen LogP contribution < -0.4 is 16.2 Å². The standard InChI is InChI=1S/C11H18N4O/c1-2-15-11(16)6-10(7-13-15)14-5-3-4-9(12)8-14/h6-7,9H,2-5,8,12H2,1H3/t9-/m0/s1. The Labute approximate surface area is 94.9 Å². The van der Waals surface area contributed by atoms with Gasteiger partial charge in [0, 0.05) is 31.7 Å². The first-order valence-electron chi connectivity index (χ1n) is 5.78. The molecule has 1 fully saturated rings. The van der Waals surface area contributed by atoms with Crippen LogP contribution >= 0.6 is 0 Å². The molecule has 1 atom stereocenters. The molecule has 0 amide bonds. The molecule has 1 aliphatic rings. The smallest absolute Gasteiger partial charge is 0.268 e. The van der Waals surface area contributed by atoms with E-state index in [0.29, 0.717) is 6.54 Å². The number of nitrogens with zero attached hydrogens (tertiary/aromatic N) is 3. The minimum atomic E-state index is -0.0425. The fourth-order valence-electron chi connectivity index (χ4n) is 2.08. The average Bonchev–Trinajstić information content (AvgIpc) is 2.29. The lowest BCUT2D eigenvalue weighted by Crippen LogP contribution is -2.43. The molecule has 1 saturated heterocycles. The maximum absolute atomic E-state index is 11.6. The molecule has 1 aliphatic heterocycles. The molecule has 0 aliphatic carbocycles. The highest BCUT2D eigenvalue weighted by Crippen LogP contribution is 2.16. The van der Waals surface area contributed by atoms with Gasteiger partial charge in [0.25, 0.3) is 5.56 Å². The van der Waals surface area contributed by atoms with Gasteiger partial charge in [-0.1, -0.05) is 0 Å². The molecule has 0 bridgehead atoms. The predicted molar refractivity (Wildman–Crippen MR) is 63.6 cm³/mol. The average molecular weight is 222 g/mol. The van der Waals surface area contributed by atoms with Crippen LogP contribution in [0.5, 0.6) is 0 Å². The SMILES string of the molecule is CCn1ncc(N2CCC[C@H](N)C2)cc1=O. The molecule has 1 aromatic rings. The summed E-state index contributed by atoms with van der Waals surface area (Å²) in [6.45, 7) is 4.30. The summed E-state index contributed by atoms with van der Waals surface area (Å²) in [5.74, 6) is 0. The van der Waals surface area contributed by atoms with Crippen LogP contribution in [0, 0.1) is 0 Å². The van der Waals surface area contributed by atoms with E-state index in [1.807, 2.05) is 6.92 Å². The van der Waals surface area contributed by atoms with Crippen LogP contribution in [0.15, 0.2) is 17.1 Å². The van der Waals surface area contributed by atoms with Crippen LogP contribution in [0.4, 0.5) is 5.69 Å². The van der Waals surface area contributed by atoms with Crippen molar-refractivity contribution >= 4 is 5.69 Å². The Morgan fingerprint density at radius 2 is 2.44 bits per heavy atom. The summed E-state index contributed by atoms with van der Waals surface area (Å²) in [7, 11) is 0. The maximum atomic E-state index is 11.6. The van der Waals surface area contributed by atoms with Crippen molar-refractivity contribution < 1.29 is 0 Å². The van der Waals surface area contributed by atoms with E-state index in [9.17, 15) is 4.79 Å². The molecular weight excluding hydrogens is 204 g/mol. The van der Waals surface area contributed by atoms with Gasteiger partial charge in [-0.15, -0.1) is 0 Å². The largest absolute Gasteiger partial charge is 0.369 e. The number of nitrogens with two attached hydrogens (primary N) is 1. The minimum Gasteiger partial charge on any atom is -0.369 e. The highest BCUT2D eigenvalue weighted by atomic mass is 16.1. The molecule has 16 heavy (non-hydrogen) atoms. The topological polar surface area (TPSA) is 64.2 Å². The lowest BCUT2D eigenvalue weighted by atomic mass is 10.1. The summed E-state index contributed by atoms with van der Waals surface area (Å²) in [6, 6.07) is 1.86. The first-order valence-corrected chi connectivity index (χ1v) is 5.78. The van der Waals surface area contributed by atoms with Crippen molar-refractivity contribution in [1.29, 1.82) is 0 Å². The number of hydrogen-bond donors (Lipinski definition) is 1. The second-order valence-electron chi connectivity index (χ2n) is 4.22. The van der Waals surface area contributed by atoms with Crippen molar-refractivity contribution in [1.82, 2.24) is 9.78 Å². The Kier molecular flexibility index (Phi) is 3.24. The van der Waals surface area contributed by atoms with E-state index in [2.05, 4.69) is 10.00 Å². The Hall–Kier alpha value is -1.36. The first kappa shape index (κ1) is 11.1. The van der Waals surface area contributed by atoms with Crippen LogP contribution in [0.3, 0.4) is 0 Å². The minimum absolute atomic E-state index is 0.0425. The van der Waals surface area contributed by atoms with Crippen molar-refractivity contribution in [3.8, 4) is 0 Å². The molecule has 1 aromatic heterocycles. The van der Waals surface area contributed by atoms with Gasteiger partial charge in [-0.2, -0.15) is 5.10 Å². The number of hydrogen-bond acceptors (Lipinski definition) is 4. The molecule has 2 rings (SSSR count). The van der Waals surface area contributed by atoms with Gasteiger partial charge in [0.1, 0.15) is 0 Å². The number of piperidine rings is 1. The first-order chi connectivity index (χ1) is 7.70. The van der Waals surface area contributed by atoms with Gasteiger partial charge in [-0.3, -0.25) is 4.79 Å². The van der Waals surface area contributed by atoms with E-state index in [0.717, 1.165) is 31.6 Å². The normalized spacial score (nSPS) is 21.1. The summed E-state index contributed by atoms with van der Waals surface area (Å²) >= 11 is 0. The zero-order chi connectivity index (χ0) is 11.5. The van der Waals surface area contributed by atoms with Gasteiger partial charge in [0.2, 0.25) is 0 Å². The van der Waals surface area contributed by atoms with E-state index in [-0.39, 0.29) is 11.6 Å². The van der Waals surface area contributed by atoms with Crippen molar-refractivity contribution in [3.05, 3.63) is 22.6 Å². The van der Waals surface area contributed by atoms with E-state index in [4.69, 9.17) is 5.73 Å². The zero-order valence-corrected chi connectivity index (χ0v) is 9.59. The van der Waals surface area contributed by atoms with Gasteiger partial charge in [0.15, 0.2) is 0 Å². The van der Waals surface area contributed by atoms with E-state index >= 15 is 0 Å². The quantitative estimate of drug-likeness (QED) is 0.776. The Bertz CT molecular complexity index is 415. The van der Waals surface area contributed by atoms with Crippen molar-refractivity contribution in [3.63, 3.8) is 0 Å². The van der Waals surface area contributed by atoms with Crippen LogP contribution in [-0.2, 0) is 6.54 Å². The third-order valence-electron chi connectivity index (χ3n) is 2.98. The molecule has 88 valence electrons. The molecule has 5 nitrogen and oxygen atoms in total. The van der Waals surface area contributed by atoms with Crippen LogP contribution in [0.1, 0.15) is 19.8 Å². The number of anilines is 1.